The number of nitrogens with zero attached hydrogens (tertiary/aromatic N) is 4. The first-order valence-corrected chi connectivity index (χ1v) is 11.8. The van der Waals surface area contributed by atoms with E-state index in [1.165, 1.54) is 17.0 Å². The van der Waals surface area contributed by atoms with Crippen molar-refractivity contribution in [3.63, 3.8) is 0 Å². The van der Waals surface area contributed by atoms with Crippen molar-refractivity contribution in [1.29, 1.82) is 0 Å². The minimum Gasteiger partial charge on any atom is -0.505 e. The maximum Gasteiger partial charge on any atom is 0.419 e. The molecular formula is C26H20F5N5O2. The third kappa shape index (κ3) is 3.65. The Balaban J connectivity index is 1.29. The van der Waals surface area contributed by atoms with Crippen LogP contribution in [0.15, 0.2) is 54.7 Å². The van der Waals surface area contributed by atoms with Gasteiger partial charge in [0.1, 0.15) is 5.82 Å². The van der Waals surface area contributed by atoms with E-state index in [0.717, 1.165) is 12.1 Å². The smallest absolute Gasteiger partial charge is 0.419 e. The van der Waals surface area contributed by atoms with Gasteiger partial charge in [-0.05, 0) is 43.2 Å². The molecule has 2 N–H and O–H groups in total. The third-order valence-electron chi connectivity index (χ3n) is 7.42. The number of pyridine rings is 1. The van der Waals surface area contributed by atoms with E-state index in [9.17, 15) is 31.9 Å². The Morgan fingerprint density at radius 3 is 2.45 bits per heavy atom. The number of H-pyrrole nitrogens is 1. The van der Waals surface area contributed by atoms with Crippen molar-refractivity contribution in [2.75, 3.05) is 22.9 Å². The van der Waals surface area contributed by atoms with Crippen LogP contribution in [0, 0.1) is 17.0 Å². The molecule has 196 valence electrons. The van der Waals surface area contributed by atoms with Crippen LogP contribution in [0.3, 0.4) is 0 Å². The van der Waals surface area contributed by atoms with Crippen molar-refractivity contribution in [1.82, 2.24) is 15.0 Å². The molecule has 4 aromatic rings. The van der Waals surface area contributed by atoms with Gasteiger partial charge in [0, 0.05) is 37.1 Å². The summed E-state index contributed by atoms with van der Waals surface area (Å²) in [6.45, 7) is 0.706. The Hall–Kier alpha value is -4.22. The van der Waals surface area contributed by atoms with E-state index in [4.69, 9.17) is 0 Å². The van der Waals surface area contributed by atoms with Gasteiger partial charge in [-0.3, -0.25) is 9.78 Å². The van der Waals surface area contributed by atoms with Crippen molar-refractivity contribution >= 4 is 28.6 Å². The molecule has 6 rings (SSSR count). The number of amides is 1. The van der Waals surface area contributed by atoms with Crippen molar-refractivity contribution in [3.8, 4) is 5.75 Å². The Bertz CT molecular complexity index is 1550. The van der Waals surface area contributed by atoms with Crippen LogP contribution < -0.4 is 9.80 Å². The predicted octanol–water partition coefficient (Wildman–Crippen LogP) is 5.34. The highest BCUT2D eigenvalue weighted by Crippen LogP contribution is 2.57. The zero-order chi connectivity index (χ0) is 26.8. The maximum atomic E-state index is 14.0. The summed E-state index contributed by atoms with van der Waals surface area (Å²) < 4.78 is 67.1. The Labute approximate surface area is 212 Å². The van der Waals surface area contributed by atoms with Gasteiger partial charge in [-0.2, -0.15) is 13.2 Å². The number of halogens is 5. The lowest BCUT2D eigenvalue weighted by Gasteiger charge is -2.58. The molecule has 0 radical (unpaired) electrons. The molecule has 1 unspecified atom stereocenters. The summed E-state index contributed by atoms with van der Waals surface area (Å²) in [6, 6.07) is 10.1. The Morgan fingerprint density at radius 1 is 1.03 bits per heavy atom. The lowest BCUT2D eigenvalue weighted by molar-refractivity contribution is -0.142. The number of nitrogens with one attached hydrogen (secondary N) is 1. The van der Waals surface area contributed by atoms with Crippen molar-refractivity contribution in [2.24, 2.45) is 5.41 Å². The third-order valence-corrected chi connectivity index (χ3v) is 7.42. The highest BCUT2D eigenvalue weighted by molar-refractivity contribution is 6.06. The van der Waals surface area contributed by atoms with E-state index < -0.39 is 40.6 Å². The summed E-state index contributed by atoms with van der Waals surface area (Å²) in [5.41, 5.74) is -1.08. The number of rotatable bonds is 3. The summed E-state index contributed by atoms with van der Waals surface area (Å²) in [5, 5.41) is 9.88. The number of hydrogen-bond acceptors (Lipinski definition) is 5. The van der Waals surface area contributed by atoms with Gasteiger partial charge in [0.25, 0.3) is 0 Å². The molecule has 2 aromatic heterocycles. The summed E-state index contributed by atoms with van der Waals surface area (Å²) in [4.78, 5) is 28.5. The number of aromatic hydroxyl groups is 1. The molecular weight excluding hydrogens is 509 g/mol. The molecule has 1 amide bonds. The number of piperidine rings is 1. The minimum absolute atomic E-state index is 0.0578. The molecule has 2 saturated heterocycles. The fourth-order valence-corrected chi connectivity index (χ4v) is 5.52. The molecule has 38 heavy (non-hydrogen) atoms. The number of phenols is 1. The number of anilines is 2. The van der Waals surface area contributed by atoms with Gasteiger partial charge in [-0.25, -0.2) is 13.8 Å². The number of carbonyl (C=O) groups is 1. The second-order valence-corrected chi connectivity index (χ2v) is 9.52. The normalized spacial score (nSPS) is 19.3. The molecule has 0 bridgehead atoms. The van der Waals surface area contributed by atoms with Crippen LogP contribution in [-0.2, 0) is 11.0 Å². The predicted molar refractivity (Wildman–Crippen MR) is 127 cm³/mol. The minimum atomic E-state index is -4.83. The van der Waals surface area contributed by atoms with Gasteiger partial charge in [0.2, 0.25) is 11.9 Å². The van der Waals surface area contributed by atoms with E-state index in [-0.39, 0.29) is 22.9 Å². The molecule has 2 aromatic carbocycles. The monoisotopic (exact) mass is 529 g/mol. The largest absolute Gasteiger partial charge is 0.505 e. The molecule has 1 spiro atoms. The van der Waals surface area contributed by atoms with Gasteiger partial charge in [-0.15, -0.1) is 0 Å². The molecule has 12 heteroatoms. The van der Waals surface area contributed by atoms with Gasteiger partial charge < -0.3 is 19.9 Å². The fourth-order valence-electron chi connectivity index (χ4n) is 5.52. The lowest BCUT2D eigenvalue weighted by Crippen LogP contribution is -2.67. The van der Waals surface area contributed by atoms with Gasteiger partial charge in [0.15, 0.2) is 11.6 Å². The molecule has 1 atom stereocenters. The number of alkyl halides is 3. The van der Waals surface area contributed by atoms with E-state index >= 15 is 0 Å². The van der Waals surface area contributed by atoms with Crippen LogP contribution in [0.5, 0.6) is 5.75 Å². The van der Waals surface area contributed by atoms with Crippen molar-refractivity contribution in [2.45, 2.75) is 25.1 Å². The van der Waals surface area contributed by atoms with E-state index in [0.29, 0.717) is 43.4 Å². The first-order chi connectivity index (χ1) is 18.1. The molecule has 0 saturated carbocycles. The summed E-state index contributed by atoms with van der Waals surface area (Å²) >= 11 is 0. The van der Waals surface area contributed by atoms with Crippen molar-refractivity contribution < 1.29 is 31.9 Å². The highest BCUT2D eigenvalue weighted by atomic mass is 19.4. The number of fused-ring (bicyclic) bond motifs is 1. The Morgan fingerprint density at radius 2 is 1.79 bits per heavy atom. The molecule has 0 aliphatic carbocycles. The average Bonchev–Trinajstić information content (AvgIpc) is 3.31. The first kappa shape index (κ1) is 24.1. The summed E-state index contributed by atoms with van der Waals surface area (Å²) in [6.07, 6.45) is -2.45. The second kappa shape index (κ2) is 8.40. The lowest BCUT2D eigenvalue weighted by atomic mass is 9.63. The maximum absolute atomic E-state index is 14.0. The van der Waals surface area contributed by atoms with Gasteiger partial charge in [-0.1, -0.05) is 6.07 Å². The van der Waals surface area contributed by atoms with E-state index in [1.807, 2.05) is 4.90 Å². The Kier molecular flexibility index (Phi) is 5.34. The zero-order valence-corrected chi connectivity index (χ0v) is 19.6. The molecule has 2 aliphatic heterocycles. The molecule has 2 aliphatic rings. The van der Waals surface area contributed by atoms with Gasteiger partial charge in [0.05, 0.1) is 33.7 Å². The van der Waals surface area contributed by atoms with E-state index in [2.05, 4.69) is 15.0 Å². The summed E-state index contributed by atoms with van der Waals surface area (Å²) in [5.74, 6) is -2.67. The number of aromatic amines is 1. The van der Waals surface area contributed by atoms with Crippen molar-refractivity contribution in [3.05, 3.63) is 77.6 Å². The summed E-state index contributed by atoms with van der Waals surface area (Å²) in [7, 11) is 0. The number of β-lactam (4-membered cyclic amide) rings is 1. The number of phenolic OH excluding ortho intramolecular Hbond substituents is 1. The van der Waals surface area contributed by atoms with Crippen LogP contribution in [0.2, 0.25) is 0 Å². The molecule has 4 heterocycles. The van der Waals surface area contributed by atoms with Crippen LogP contribution in [-0.4, -0.2) is 39.1 Å². The zero-order valence-electron chi connectivity index (χ0n) is 19.6. The SMILES string of the molecule is O=C1N(c2ccc(F)c(O)c2)C(c2ccccn2)C12CCN(c1nc3cc(F)c(C(F)(F)F)cc3[nH]1)CC2. The average molecular weight is 529 g/mol. The van der Waals surface area contributed by atoms with Crippen LogP contribution in [0.25, 0.3) is 11.0 Å². The van der Waals surface area contributed by atoms with E-state index in [1.54, 1.807) is 24.4 Å². The van der Waals surface area contributed by atoms with Crippen LogP contribution >= 0.6 is 0 Å². The number of carbonyl (C=O) groups excluding carboxylic acids is 1. The number of hydrogen-bond donors (Lipinski definition) is 2. The second-order valence-electron chi connectivity index (χ2n) is 9.52. The highest BCUT2D eigenvalue weighted by Gasteiger charge is 2.62. The molecule has 7 nitrogen and oxygen atoms in total. The standard InChI is InChI=1S/C26H20F5N5O2/c27-16-5-4-14(11-21(16)37)36-22(18-3-1-2-8-32-18)25(23(36)38)6-9-35(10-7-25)24-33-19-12-15(26(29,30)31)17(28)13-20(19)34-24/h1-5,8,11-13,22,37H,6-7,9-10H2,(H,33,34). The van der Waals surface area contributed by atoms with Gasteiger partial charge >= 0.3 is 6.18 Å². The fraction of sp³-hybridized carbons (Fsp3) is 0.269. The topological polar surface area (TPSA) is 85.3 Å². The number of aromatic nitrogens is 3. The quantitative estimate of drug-likeness (QED) is 0.277. The number of benzene rings is 2. The van der Waals surface area contributed by atoms with Crippen LogP contribution in [0.1, 0.15) is 30.1 Å². The first-order valence-electron chi connectivity index (χ1n) is 11.8. The van der Waals surface area contributed by atoms with Crippen LogP contribution in [0.4, 0.5) is 33.6 Å². The molecule has 2 fully saturated rings. The number of imidazole rings is 1.